The first kappa shape index (κ1) is 20.3. The number of rotatable bonds is 3. The van der Waals surface area contributed by atoms with E-state index in [1.54, 1.807) is 0 Å². The fraction of sp³-hybridized carbons (Fsp3) is 0.421. The van der Waals surface area contributed by atoms with Gasteiger partial charge in [-0.05, 0) is 50.3 Å². The molecular formula is C19H19F3N2O3S. The molecule has 0 saturated heterocycles. The molecule has 0 radical (unpaired) electrons. The molecule has 0 unspecified atom stereocenters. The van der Waals surface area contributed by atoms with Crippen LogP contribution < -0.4 is 5.32 Å². The van der Waals surface area contributed by atoms with Crippen molar-refractivity contribution in [3.63, 3.8) is 0 Å². The fourth-order valence-electron chi connectivity index (χ4n) is 3.28. The predicted octanol–water partition coefficient (Wildman–Crippen LogP) is 4.78. The summed E-state index contributed by atoms with van der Waals surface area (Å²) in [5, 5.41) is 3.04. The first-order chi connectivity index (χ1) is 13.2. The van der Waals surface area contributed by atoms with Crippen LogP contribution in [-0.4, -0.2) is 24.0 Å². The maximum Gasteiger partial charge on any atom is 0.433 e. The summed E-state index contributed by atoms with van der Waals surface area (Å²) < 4.78 is 43.2. The van der Waals surface area contributed by atoms with E-state index in [4.69, 9.17) is 4.74 Å². The lowest BCUT2D eigenvalue weighted by molar-refractivity contribution is -0.141. The van der Waals surface area contributed by atoms with Crippen LogP contribution in [0.4, 0.5) is 18.2 Å². The highest BCUT2D eigenvalue weighted by atomic mass is 32.1. The Kier molecular flexibility index (Phi) is 5.74. The van der Waals surface area contributed by atoms with Crippen LogP contribution in [0.2, 0.25) is 0 Å². The number of nitrogens with one attached hydrogen (secondary N) is 1. The number of amides is 1. The number of carbonyl (C=O) groups is 2. The summed E-state index contributed by atoms with van der Waals surface area (Å²) in [5.74, 6) is -1.14. The number of esters is 1. The number of fused-ring (bicyclic) bond motifs is 1. The molecule has 1 N–H and O–H groups in total. The molecule has 150 valence electrons. The van der Waals surface area contributed by atoms with E-state index < -0.39 is 23.7 Å². The maximum absolute atomic E-state index is 12.8. The fourth-order valence-corrected chi connectivity index (χ4v) is 4.55. The van der Waals surface area contributed by atoms with Crippen molar-refractivity contribution in [2.45, 2.75) is 45.2 Å². The third kappa shape index (κ3) is 4.04. The van der Waals surface area contributed by atoms with Crippen LogP contribution in [0.15, 0.2) is 12.1 Å². The molecule has 3 rings (SSSR count). The lowest BCUT2D eigenvalue weighted by Crippen LogP contribution is -2.18. The van der Waals surface area contributed by atoms with E-state index in [0.717, 1.165) is 54.7 Å². The molecule has 0 bridgehead atoms. The zero-order valence-electron chi connectivity index (χ0n) is 15.4. The molecule has 9 heteroatoms. The summed E-state index contributed by atoms with van der Waals surface area (Å²) in [6.07, 6.45) is -0.0104. The molecule has 0 spiro atoms. The number of hydrogen-bond donors (Lipinski definition) is 1. The Labute approximate surface area is 163 Å². The molecule has 1 amide bonds. The average Bonchev–Trinajstić information content (AvgIpc) is 2.81. The topological polar surface area (TPSA) is 68.3 Å². The van der Waals surface area contributed by atoms with Crippen LogP contribution in [0, 0.1) is 6.92 Å². The van der Waals surface area contributed by atoms with Crippen LogP contribution in [0.25, 0.3) is 0 Å². The standard InChI is InChI=1S/C19H19F3N2O3S/c1-10-11(8-9-14(23-10)19(20,21)22)16(25)24-17-15(18(26)27-2)12-6-4-3-5-7-13(12)28-17/h8-9H,3-7H2,1-2H3,(H,24,25). The summed E-state index contributed by atoms with van der Waals surface area (Å²) >= 11 is 1.32. The predicted molar refractivity (Wildman–Crippen MR) is 98.8 cm³/mol. The Morgan fingerprint density at radius 1 is 1.18 bits per heavy atom. The molecule has 0 atom stereocenters. The number of aromatic nitrogens is 1. The molecule has 1 aliphatic rings. The van der Waals surface area contributed by atoms with Crippen molar-refractivity contribution < 1.29 is 27.5 Å². The quantitative estimate of drug-likeness (QED) is 0.582. The van der Waals surface area contributed by atoms with Gasteiger partial charge in [0.05, 0.1) is 23.9 Å². The Balaban J connectivity index is 1.93. The lowest BCUT2D eigenvalue weighted by atomic mass is 10.1. The van der Waals surface area contributed by atoms with Crippen LogP contribution in [0.1, 0.15) is 61.8 Å². The largest absolute Gasteiger partial charge is 0.465 e. The molecule has 5 nitrogen and oxygen atoms in total. The molecular weight excluding hydrogens is 393 g/mol. The van der Waals surface area contributed by atoms with E-state index in [-0.39, 0.29) is 11.3 Å². The van der Waals surface area contributed by atoms with Gasteiger partial charge in [-0.2, -0.15) is 13.2 Å². The molecule has 2 aromatic rings. The van der Waals surface area contributed by atoms with Crippen LogP contribution in [-0.2, 0) is 23.8 Å². The van der Waals surface area contributed by atoms with Gasteiger partial charge >= 0.3 is 12.1 Å². The van der Waals surface area contributed by atoms with E-state index >= 15 is 0 Å². The average molecular weight is 412 g/mol. The zero-order valence-corrected chi connectivity index (χ0v) is 16.2. The number of halogens is 3. The normalized spacial score (nSPS) is 14.2. The number of hydrogen-bond acceptors (Lipinski definition) is 5. The van der Waals surface area contributed by atoms with Crippen molar-refractivity contribution in [3.05, 3.63) is 45.1 Å². The van der Waals surface area contributed by atoms with Crippen LogP contribution in [0.5, 0.6) is 0 Å². The van der Waals surface area contributed by atoms with Gasteiger partial charge in [0, 0.05) is 4.88 Å². The van der Waals surface area contributed by atoms with Gasteiger partial charge in [-0.3, -0.25) is 4.79 Å². The second-order valence-corrected chi connectivity index (χ2v) is 7.65. The van der Waals surface area contributed by atoms with Gasteiger partial charge in [0.2, 0.25) is 0 Å². The van der Waals surface area contributed by atoms with Crippen LogP contribution in [0.3, 0.4) is 0 Å². The maximum atomic E-state index is 12.8. The van der Waals surface area contributed by atoms with E-state index in [2.05, 4.69) is 10.3 Å². The minimum absolute atomic E-state index is 0.0207. The number of thiophene rings is 1. The second kappa shape index (κ2) is 7.90. The highest BCUT2D eigenvalue weighted by Gasteiger charge is 2.33. The van der Waals surface area contributed by atoms with Crippen molar-refractivity contribution in [1.29, 1.82) is 0 Å². The number of methoxy groups -OCH3 is 1. The Morgan fingerprint density at radius 2 is 1.89 bits per heavy atom. The van der Waals surface area contributed by atoms with Crippen molar-refractivity contribution >= 4 is 28.2 Å². The number of carbonyl (C=O) groups excluding carboxylic acids is 2. The molecule has 2 aromatic heterocycles. The van der Waals surface area contributed by atoms with Gasteiger partial charge in [0.15, 0.2) is 0 Å². The summed E-state index contributed by atoms with van der Waals surface area (Å²) in [6, 6.07) is 1.86. The molecule has 0 saturated carbocycles. The highest BCUT2D eigenvalue weighted by Crippen LogP contribution is 2.38. The van der Waals surface area contributed by atoms with E-state index in [1.807, 2.05) is 0 Å². The third-order valence-corrected chi connectivity index (χ3v) is 5.87. The van der Waals surface area contributed by atoms with Gasteiger partial charge < -0.3 is 10.1 Å². The SMILES string of the molecule is COC(=O)c1c(NC(=O)c2ccc(C(F)(F)F)nc2C)sc2c1CCCCC2. The highest BCUT2D eigenvalue weighted by molar-refractivity contribution is 7.17. The molecule has 2 heterocycles. The Morgan fingerprint density at radius 3 is 2.54 bits per heavy atom. The molecule has 28 heavy (non-hydrogen) atoms. The smallest absolute Gasteiger partial charge is 0.433 e. The molecule has 0 aliphatic heterocycles. The second-order valence-electron chi connectivity index (χ2n) is 6.54. The van der Waals surface area contributed by atoms with E-state index in [9.17, 15) is 22.8 Å². The number of anilines is 1. The molecule has 0 aromatic carbocycles. The first-order valence-corrected chi connectivity index (χ1v) is 9.63. The van der Waals surface area contributed by atoms with Crippen molar-refractivity contribution in [1.82, 2.24) is 4.98 Å². The minimum Gasteiger partial charge on any atom is -0.465 e. The van der Waals surface area contributed by atoms with Gasteiger partial charge in [0.1, 0.15) is 10.7 Å². The van der Waals surface area contributed by atoms with Crippen molar-refractivity contribution in [2.75, 3.05) is 12.4 Å². The van der Waals surface area contributed by atoms with Gasteiger partial charge in [-0.1, -0.05) is 6.42 Å². The number of aryl methyl sites for hydroxylation is 2. The summed E-state index contributed by atoms with van der Waals surface area (Å²) in [5.41, 5.74) is 0.166. The third-order valence-electron chi connectivity index (χ3n) is 4.66. The Bertz CT molecular complexity index is 922. The lowest BCUT2D eigenvalue weighted by Gasteiger charge is -2.11. The minimum atomic E-state index is -4.58. The van der Waals surface area contributed by atoms with E-state index in [0.29, 0.717) is 10.6 Å². The number of nitrogens with zero attached hydrogens (tertiary/aromatic N) is 1. The Hall–Kier alpha value is -2.42. The van der Waals surface area contributed by atoms with Crippen molar-refractivity contribution in [3.8, 4) is 0 Å². The van der Waals surface area contributed by atoms with Gasteiger partial charge in [-0.15, -0.1) is 11.3 Å². The monoisotopic (exact) mass is 412 g/mol. The molecule has 0 fully saturated rings. The summed E-state index contributed by atoms with van der Waals surface area (Å²) in [4.78, 5) is 29.5. The first-order valence-electron chi connectivity index (χ1n) is 8.81. The van der Waals surface area contributed by atoms with Gasteiger partial charge in [0.25, 0.3) is 5.91 Å². The molecule has 1 aliphatic carbocycles. The van der Waals surface area contributed by atoms with Gasteiger partial charge in [-0.25, -0.2) is 9.78 Å². The number of pyridine rings is 1. The number of alkyl halides is 3. The zero-order chi connectivity index (χ0) is 20.5. The number of ether oxygens (including phenoxy) is 1. The van der Waals surface area contributed by atoms with Crippen LogP contribution >= 0.6 is 11.3 Å². The van der Waals surface area contributed by atoms with E-state index in [1.165, 1.54) is 25.4 Å². The summed E-state index contributed by atoms with van der Waals surface area (Å²) in [6.45, 7) is 1.34. The summed E-state index contributed by atoms with van der Waals surface area (Å²) in [7, 11) is 1.28. The van der Waals surface area contributed by atoms with Crippen molar-refractivity contribution in [2.24, 2.45) is 0 Å².